The van der Waals surface area contributed by atoms with E-state index in [1.807, 2.05) is 0 Å². The fraction of sp³-hybridized carbons (Fsp3) is 0.588. The van der Waals surface area contributed by atoms with Gasteiger partial charge in [-0.15, -0.1) is 6.58 Å². The summed E-state index contributed by atoms with van der Waals surface area (Å²) in [6, 6.07) is 3.50. The summed E-state index contributed by atoms with van der Waals surface area (Å²) < 4.78 is 52.4. The minimum atomic E-state index is -3.88. The molecule has 2 saturated carbocycles. The molecule has 4 amide bonds. The standard InChI is InChI=1S/C34H41FN4O10S/c1-3-21-14-34(21,32(44)37-50(46,47)23-7-8-23)15-27(40)26-13-22(48-33(45)38-16-20-5-4-6-25(35)24(20)18-38)17-39(26)31(43)19(2)11-12-36-30(42)28-9-10-29(41)49-28/h3-6,19,21-23,26,28H,1,7-18H2,2H3,(H,36,42)(H,37,44)/t19-,21+,22?,26-,28+,34+/m0/s1. The number of ketones is 1. The molecule has 14 nitrogen and oxygen atoms in total. The number of carbonyl (C=O) groups excluding carboxylic acids is 6. The molecule has 2 saturated heterocycles. The number of rotatable bonds is 13. The highest BCUT2D eigenvalue weighted by Gasteiger charge is 2.61. The van der Waals surface area contributed by atoms with Crippen LogP contribution in [-0.2, 0) is 56.6 Å². The van der Waals surface area contributed by atoms with Gasteiger partial charge in [-0.2, -0.15) is 0 Å². The fourth-order valence-electron chi connectivity index (χ4n) is 7.11. The van der Waals surface area contributed by atoms with Crippen molar-refractivity contribution in [3.63, 3.8) is 0 Å². The number of allylic oxidation sites excluding steroid dienone is 1. The van der Waals surface area contributed by atoms with Crippen molar-refractivity contribution in [3.8, 4) is 0 Å². The van der Waals surface area contributed by atoms with E-state index in [-0.39, 0.29) is 64.7 Å². The molecular weight excluding hydrogens is 675 g/mol. The third-order valence-corrected chi connectivity index (χ3v) is 12.2. The summed E-state index contributed by atoms with van der Waals surface area (Å²) in [5.41, 5.74) is -0.296. The number of esters is 1. The SMILES string of the molecule is C=C[C@@H]1C[C@]1(CC(=O)[C@@H]1CC(OC(=O)N2Cc3cccc(F)c3C2)CN1C(=O)[C@@H](C)CCNC(=O)[C@H]1CCC(=O)O1)C(=O)NS(=O)(=O)C1CC1. The normalized spacial score (nSPS) is 27.6. The molecule has 1 aromatic carbocycles. The van der Waals surface area contributed by atoms with Crippen molar-refractivity contribution in [2.45, 2.75) is 94.9 Å². The van der Waals surface area contributed by atoms with Crippen LogP contribution in [0.2, 0.25) is 0 Å². The Balaban J connectivity index is 1.13. The van der Waals surface area contributed by atoms with Gasteiger partial charge < -0.3 is 19.7 Å². The number of halogens is 1. The average molecular weight is 717 g/mol. The molecule has 3 aliphatic heterocycles. The van der Waals surface area contributed by atoms with Crippen molar-refractivity contribution in [2.75, 3.05) is 13.1 Å². The highest BCUT2D eigenvalue weighted by molar-refractivity contribution is 7.90. The lowest BCUT2D eigenvalue weighted by molar-refractivity contribution is -0.148. The van der Waals surface area contributed by atoms with Crippen LogP contribution in [0.15, 0.2) is 30.9 Å². The van der Waals surface area contributed by atoms with Gasteiger partial charge in [-0.3, -0.25) is 33.6 Å². The first-order chi connectivity index (χ1) is 23.7. The van der Waals surface area contributed by atoms with Crippen LogP contribution >= 0.6 is 0 Å². The van der Waals surface area contributed by atoms with Crippen LogP contribution < -0.4 is 10.0 Å². The maximum Gasteiger partial charge on any atom is 0.410 e. The number of amides is 4. The molecule has 0 aromatic heterocycles. The monoisotopic (exact) mass is 716 g/mol. The van der Waals surface area contributed by atoms with E-state index in [1.165, 1.54) is 21.9 Å². The minimum Gasteiger partial charge on any atom is -0.452 e. The van der Waals surface area contributed by atoms with Crippen LogP contribution in [0.5, 0.6) is 0 Å². The van der Waals surface area contributed by atoms with E-state index in [0.29, 0.717) is 24.0 Å². The summed E-state index contributed by atoms with van der Waals surface area (Å²) in [6.07, 6.45) is 0.325. The van der Waals surface area contributed by atoms with Crippen LogP contribution in [0.1, 0.15) is 69.4 Å². The summed E-state index contributed by atoms with van der Waals surface area (Å²) in [5.74, 6) is -4.19. The van der Waals surface area contributed by atoms with Gasteiger partial charge in [-0.1, -0.05) is 25.1 Å². The second-order valence-electron chi connectivity index (χ2n) is 14.0. The Bertz CT molecular complexity index is 1730. The van der Waals surface area contributed by atoms with Gasteiger partial charge in [-0.05, 0) is 43.2 Å². The first-order valence-electron chi connectivity index (χ1n) is 16.9. The Morgan fingerprint density at radius 2 is 1.94 bits per heavy atom. The van der Waals surface area contributed by atoms with Gasteiger partial charge in [0, 0.05) is 50.3 Å². The number of ether oxygens (including phenoxy) is 2. The molecular formula is C34H41FN4O10S. The third-order valence-electron chi connectivity index (χ3n) is 10.4. The lowest BCUT2D eigenvalue weighted by Crippen LogP contribution is -2.46. The number of hydrogen-bond donors (Lipinski definition) is 2. The molecule has 2 N–H and O–H groups in total. The Labute approximate surface area is 289 Å². The summed E-state index contributed by atoms with van der Waals surface area (Å²) >= 11 is 0. The molecule has 270 valence electrons. The molecule has 6 atom stereocenters. The number of nitrogens with zero attached hydrogens (tertiary/aromatic N) is 2. The quantitative estimate of drug-likeness (QED) is 0.226. The van der Waals surface area contributed by atoms with Crippen LogP contribution in [0.25, 0.3) is 0 Å². The van der Waals surface area contributed by atoms with Crippen LogP contribution in [0.4, 0.5) is 9.18 Å². The number of nitrogens with one attached hydrogen (secondary N) is 2. The van der Waals surface area contributed by atoms with Gasteiger partial charge >= 0.3 is 12.1 Å². The summed E-state index contributed by atoms with van der Waals surface area (Å²) in [4.78, 5) is 80.8. The number of cyclic esters (lactones) is 1. The second-order valence-corrected chi connectivity index (χ2v) is 16.0. The van der Waals surface area contributed by atoms with Crippen LogP contribution in [0, 0.1) is 23.1 Å². The average Bonchev–Trinajstić information content (AvgIpc) is 3.89. The van der Waals surface area contributed by atoms with Gasteiger partial charge in [0.1, 0.15) is 11.9 Å². The molecule has 1 aromatic rings. The number of carbonyl (C=O) groups is 6. The Morgan fingerprint density at radius 3 is 2.58 bits per heavy atom. The molecule has 0 radical (unpaired) electrons. The summed E-state index contributed by atoms with van der Waals surface area (Å²) in [6.45, 7) is 5.49. The van der Waals surface area contributed by atoms with Gasteiger partial charge in [-0.25, -0.2) is 17.6 Å². The fourth-order valence-corrected chi connectivity index (χ4v) is 8.49. The van der Waals surface area contributed by atoms with Crippen LogP contribution in [0.3, 0.4) is 0 Å². The Hall–Kier alpha value is -4.34. The summed E-state index contributed by atoms with van der Waals surface area (Å²) in [5, 5.41) is 2.03. The Kier molecular flexibility index (Phi) is 9.76. The molecule has 6 rings (SSSR count). The molecule has 0 bridgehead atoms. The maximum absolute atomic E-state index is 14.3. The zero-order chi connectivity index (χ0) is 36.0. The molecule has 50 heavy (non-hydrogen) atoms. The van der Waals surface area contributed by atoms with Crippen LogP contribution in [-0.4, -0.2) is 90.4 Å². The maximum atomic E-state index is 14.3. The van der Waals surface area contributed by atoms with Crippen molar-refractivity contribution in [3.05, 3.63) is 47.8 Å². The van der Waals surface area contributed by atoms with E-state index in [2.05, 4.69) is 16.6 Å². The van der Waals surface area contributed by atoms with Crippen molar-refractivity contribution < 1.29 is 51.0 Å². The number of benzene rings is 1. The molecule has 2 aliphatic carbocycles. The predicted octanol–water partition coefficient (Wildman–Crippen LogP) is 1.86. The number of likely N-dealkylation sites (tertiary alicyclic amines) is 1. The Morgan fingerprint density at radius 1 is 1.18 bits per heavy atom. The highest BCUT2D eigenvalue weighted by atomic mass is 32.2. The molecule has 16 heteroatoms. The topological polar surface area (TPSA) is 186 Å². The number of fused-ring (bicyclic) bond motifs is 1. The first-order valence-corrected chi connectivity index (χ1v) is 18.5. The van der Waals surface area contributed by atoms with Gasteiger partial charge in [0.2, 0.25) is 21.8 Å². The zero-order valence-corrected chi connectivity index (χ0v) is 28.5. The molecule has 0 spiro atoms. The lowest BCUT2D eigenvalue weighted by atomic mass is 9.91. The zero-order valence-electron chi connectivity index (χ0n) is 27.7. The summed E-state index contributed by atoms with van der Waals surface area (Å²) in [7, 11) is -3.88. The third kappa shape index (κ3) is 7.25. The highest BCUT2D eigenvalue weighted by Crippen LogP contribution is 2.57. The number of Topliss-reactive ketones (excluding diaryl/α,β-unsaturated/α-hetero) is 1. The minimum absolute atomic E-state index is 0.00567. The van der Waals surface area contributed by atoms with Crippen molar-refractivity contribution >= 4 is 45.6 Å². The largest absolute Gasteiger partial charge is 0.452 e. The first kappa shape index (κ1) is 35.5. The number of sulfonamides is 1. The van der Waals surface area contributed by atoms with Gasteiger partial charge in [0.05, 0.1) is 29.8 Å². The van der Waals surface area contributed by atoms with Crippen molar-refractivity contribution in [1.29, 1.82) is 0 Å². The smallest absolute Gasteiger partial charge is 0.410 e. The van der Waals surface area contributed by atoms with Crippen molar-refractivity contribution in [2.24, 2.45) is 17.3 Å². The molecule has 1 unspecified atom stereocenters. The van der Waals surface area contributed by atoms with E-state index in [9.17, 15) is 41.6 Å². The lowest BCUT2D eigenvalue weighted by Gasteiger charge is -2.28. The van der Waals surface area contributed by atoms with E-state index < -0.39 is 92.2 Å². The second kappa shape index (κ2) is 13.8. The van der Waals surface area contributed by atoms with E-state index in [1.54, 1.807) is 19.1 Å². The van der Waals surface area contributed by atoms with E-state index in [0.717, 1.165) is 0 Å². The van der Waals surface area contributed by atoms with E-state index >= 15 is 0 Å². The van der Waals surface area contributed by atoms with Gasteiger partial charge in [0.25, 0.3) is 5.91 Å². The molecule has 4 fully saturated rings. The van der Waals surface area contributed by atoms with E-state index in [4.69, 9.17) is 9.47 Å². The number of hydrogen-bond acceptors (Lipinski definition) is 10. The molecule has 3 heterocycles. The molecule has 5 aliphatic rings. The van der Waals surface area contributed by atoms with Crippen molar-refractivity contribution in [1.82, 2.24) is 19.8 Å². The predicted molar refractivity (Wildman–Crippen MR) is 172 cm³/mol. The van der Waals surface area contributed by atoms with Gasteiger partial charge in [0.15, 0.2) is 11.9 Å².